The van der Waals surface area contributed by atoms with E-state index in [-0.39, 0.29) is 23.5 Å². The Bertz CT molecular complexity index is 797. The molecule has 3 N–H and O–H groups in total. The largest absolute Gasteiger partial charge is 0.393 e. The number of amides is 1. The Morgan fingerprint density at radius 3 is 1.94 bits per heavy atom. The van der Waals surface area contributed by atoms with Crippen LogP contribution in [0.4, 0.5) is 0 Å². The summed E-state index contributed by atoms with van der Waals surface area (Å²) in [6.07, 6.45) is 14.6. The molecule has 1 rings (SSSR count). The molecule has 0 aliphatic heterocycles. The van der Waals surface area contributed by atoms with Gasteiger partial charge in [0, 0.05) is 13.0 Å². The number of unbranched alkanes of at least 4 members (excludes halogenated alkanes) is 10. The summed E-state index contributed by atoms with van der Waals surface area (Å²) in [6, 6.07) is 6.27. The lowest BCUT2D eigenvalue weighted by atomic mass is 10.0. The molecule has 2 atom stereocenters. The van der Waals surface area contributed by atoms with Crippen LogP contribution in [-0.2, 0) is 19.1 Å². The first kappa shape index (κ1) is 32.5. The highest BCUT2D eigenvalue weighted by molar-refractivity contribution is 7.86. The highest BCUT2D eigenvalue weighted by atomic mass is 32.2. The molecule has 0 heterocycles. The van der Waals surface area contributed by atoms with Gasteiger partial charge < -0.3 is 15.5 Å². The van der Waals surface area contributed by atoms with Gasteiger partial charge in [-0.05, 0) is 38.3 Å². The Morgan fingerprint density at radius 2 is 1.36 bits per heavy atom. The molecule has 36 heavy (non-hydrogen) atoms. The number of hydrogen-bond donors (Lipinski definition) is 3. The average Bonchev–Trinajstić information content (AvgIpc) is 2.85. The van der Waals surface area contributed by atoms with Gasteiger partial charge in [-0.1, -0.05) is 95.2 Å². The van der Waals surface area contributed by atoms with E-state index < -0.39 is 22.8 Å². The van der Waals surface area contributed by atoms with Crippen molar-refractivity contribution in [2.75, 3.05) is 13.2 Å². The van der Waals surface area contributed by atoms with Gasteiger partial charge in [0.25, 0.3) is 10.1 Å². The van der Waals surface area contributed by atoms with Gasteiger partial charge in [-0.15, -0.1) is 0 Å². The Balaban J connectivity index is 1.97. The fourth-order valence-corrected chi connectivity index (χ4v) is 4.94. The second kappa shape index (κ2) is 19.6. The zero-order valence-corrected chi connectivity index (χ0v) is 23.2. The van der Waals surface area contributed by atoms with Crippen LogP contribution < -0.4 is 5.32 Å². The van der Waals surface area contributed by atoms with Crippen molar-refractivity contribution in [3.8, 4) is 0 Å². The third kappa shape index (κ3) is 16.3. The summed E-state index contributed by atoms with van der Waals surface area (Å²) in [4.78, 5) is 12.0. The molecular formula is C28H49NO6S. The van der Waals surface area contributed by atoms with Crippen molar-refractivity contribution in [1.29, 1.82) is 0 Å². The molecule has 8 heteroatoms. The molecule has 0 radical (unpaired) electrons. The SMILES string of the molecule is CCCCCCC(O)CCCCCCCCCCC(=O)NCC(O)COS(=O)(=O)c1ccc(C)cc1. The molecule has 2 unspecified atom stereocenters. The highest BCUT2D eigenvalue weighted by Gasteiger charge is 2.17. The number of aryl methyl sites for hydroxylation is 1. The average molecular weight is 528 g/mol. The topological polar surface area (TPSA) is 113 Å². The summed E-state index contributed by atoms with van der Waals surface area (Å²) in [7, 11) is -3.93. The fourth-order valence-electron chi connectivity index (χ4n) is 4.00. The van der Waals surface area contributed by atoms with E-state index in [4.69, 9.17) is 4.18 Å². The number of rotatable bonds is 22. The Labute approximate surface area is 219 Å². The normalized spacial score (nSPS) is 13.4. The third-order valence-electron chi connectivity index (χ3n) is 6.34. The van der Waals surface area contributed by atoms with Crippen molar-refractivity contribution in [3.63, 3.8) is 0 Å². The van der Waals surface area contributed by atoms with Crippen molar-refractivity contribution in [2.45, 2.75) is 127 Å². The minimum atomic E-state index is -3.93. The smallest absolute Gasteiger partial charge is 0.297 e. The predicted octanol–water partition coefficient (Wildman–Crippen LogP) is 5.41. The van der Waals surface area contributed by atoms with Gasteiger partial charge in [-0.2, -0.15) is 8.42 Å². The maximum atomic E-state index is 12.1. The van der Waals surface area contributed by atoms with E-state index >= 15 is 0 Å². The Morgan fingerprint density at radius 1 is 0.833 bits per heavy atom. The van der Waals surface area contributed by atoms with Gasteiger partial charge in [0.2, 0.25) is 5.91 Å². The molecule has 208 valence electrons. The lowest BCUT2D eigenvalue weighted by Gasteiger charge is -2.12. The maximum Gasteiger partial charge on any atom is 0.297 e. The monoisotopic (exact) mass is 527 g/mol. The van der Waals surface area contributed by atoms with E-state index in [1.54, 1.807) is 12.1 Å². The summed E-state index contributed by atoms with van der Waals surface area (Å²) >= 11 is 0. The number of benzene rings is 1. The quantitative estimate of drug-likeness (QED) is 0.137. The maximum absolute atomic E-state index is 12.1. The van der Waals surface area contributed by atoms with Crippen LogP contribution in [0.15, 0.2) is 29.2 Å². The van der Waals surface area contributed by atoms with E-state index in [0.717, 1.165) is 56.9 Å². The molecule has 0 spiro atoms. The van der Waals surface area contributed by atoms with Crippen LogP contribution in [-0.4, -0.2) is 49.9 Å². The number of hydrogen-bond acceptors (Lipinski definition) is 6. The predicted molar refractivity (Wildman–Crippen MR) is 144 cm³/mol. The van der Waals surface area contributed by atoms with E-state index in [2.05, 4.69) is 12.2 Å². The van der Waals surface area contributed by atoms with Crippen LogP contribution >= 0.6 is 0 Å². The van der Waals surface area contributed by atoms with Crippen LogP contribution in [0.3, 0.4) is 0 Å². The summed E-state index contributed by atoms with van der Waals surface area (Å²) in [5.74, 6) is -0.149. The molecule has 7 nitrogen and oxygen atoms in total. The van der Waals surface area contributed by atoms with Crippen molar-refractivity contribution < 1.29 is 27.6 Å². The van der Waals surface area contributed by atoms with Crippen molar-refractivity contribution in [3.05, 3.63) is 29.8 Å². The fraction of sp³-hybridized carbons (Fsp3) is 0.750. The summed E-state index contributed by atoms with van der Waals surface area (Å²) in [5, 5.41) is 22.6. The molecule has 0 aliphatic rings. The minimum Gasteiger partial charge on any atom is -0.393 e. The van der Waals surface area contributed by atoms with Gasteiger partial charge in [0.1, 0.15) is 0 Å². The van der Waals surface area contributed by atoms with Crippen LogP contribution in [0, 0.1) is 6.92 Å². The lowest BCUT2D eigenvalue weighted by Crippen LogP contribution is -2.35. The first-order valence-corrected chi connectivity index (χ1v) is 15.2. The zero-order chi connectivity index (χ0) is 26.7. The van der Waals surface area contributed by atoms with Crippen LogP contribution in [0.1, 0.15) is 109 Å². The number of aliphatic hydroxyl groups excluding tert-OH is 2. The highest BCUT2D eigenvalue weighted by Crippen LogP contribution is 2.15. The second-order valence-corrected chi connectivity index (χ2v) is 11.5. The van der Waals surface area contributed by atoms with E-state index in [9.17, 15) is 23.4 Å². The van der Waals surface area contributed by atoms with Gasteiger partial charge >= 0.3 is 0 Å². The minimum absolute atomic E-state index is 0.0382. The molecule has 0 saturated heterocycles. The molecule has 0 aromatic heterocycles. The first-order valence-electron chi connectivity index (χ1n) is 13.8. The Hall–Kier alpha value is -1.48. The number of carbonyl (C=O) groups is 1. The van der Waals surface area contributed by atoms with Gasteiger partial charge in [0.15, 0.2) is 0 Å². The second-order valence-electron chi connectivity index (χ2n) is 9.88. The molecular weight excluding hydrogens is 478 g/mol. The van der Waals surface area contributed by atoms with Gasteiger partial charge in [0.05, 0.1) is 23.7 Å². The number of carbonyl (C=O) groups excluding carboxylic acids is 1. The van der Waals surface area contributed by atoms with Crippen LogP contribution in [0.25, 0.3) is 0 Å². The molecule has 1 aromatic rings. The van der Waals surface area contributed by atoms with Crippen molar-refractivity contribution in [2.24, 2.45) is 0 Å². The molecule has 1 amide bonds. The number of nitrogens with one attached hydrogen (secondary N) is 1. The standard InChI is InChI=1S/C28H49NO6S/c1-3-4-5-12-15-25(30)16-13-10-8-6-7-9-11-14-17-28(32)29-22-26(31)23-35-36(33,34)27-20-18-24(2)19-21-27/h18-21,25-26,30-31H,3-17,22-23H2,1-2H3,(H,29,32). The van der Waals surface area contributed by atoms with Gasteiger partial charge in [-0.3, -0.25) is 8.98 Å². The molecule has 0 saturated carbocycles. The summed E-state index contributed by atoms with van der Waals surface area (Å²) in [6.45, 7) is 3.60. The zero-order valence-electron chi connectivity index (χ0n) is 22.4. The summed E-state index contributed by atoms with van der Waals surface area (Å²) in [5.41, 5.74) is 0.937. The molecule has 0 aliphatic carbocycles. The lowest BCUT2D eigenvalue weighted by molar-refractivity contribution is -0.121. The van der Waals surface area contributed by atoms with Crippen LogP contribution in [0.5, 0.6) is 0 Å². The van der Waals surface area contributed by atoms with Gasteiger partial charge in [-0.25, -0.2) is 0 Å². The van der Waals surface area contributed by atoms with E-state index in [0.29, 0.717) is 6.42 Å². The third-order valence-corrected chi connectivity index (χ3v) is 7.64. The van der Waals surface area contributed by atoms with E-state index in [1.165, 1.54) is 50.7 Å². The van der Waals surface area contributed by atoms with E-state index in [1.807, 2.05) is 6.92 Å². The molecule has 1 aromatic carbocycles. The number of aliphatic hydroxyl groups is 2. The van der Waals surface area contributed by atoms with Crippen LogP contribution in [0.2, 0.25) is 0 Å². The first-order chi connectivity index (χ1) is 17.2. The van der Waals surface area contributed by atoms with Crippen molar-refractivity contribution >= 4 is 16.0 Å². The molecule has 0 bridgehead atoms. The Kier molecular flexibility index (Phi) is 17.7. The van der Waals surface area contributed by atoms with Crippen molar-refractivity contribution in [1.82, 2.24) is 5.32 Å². The molecule has 0 fully saturated rings. The summed E-state index contributed by atoms with van der Waals surface area (Å²) < 4.78 is 29.2.